The van der Waals surface area contributed by atoms with Gasteiger partial charge in [0.25, 0.3) is 0 Å². The standard InChI is InChI=1S/C16H29N3O2/c1-13(2)19-9-3-5-14(12-19)11-17-15(20)7-10-18-8-4-6-16(18)21/h13-14H,3-12H2,1-2H3,(H,17,20). The molecule has 0 aromatic carbocycles. The lowest BCUT2D eigenvalue weighted by Gasteiger charge is -2.35. The molecular formula is C16H29N3O2. The van der Waals surface area contributed by atoms with Gasteiger partial charge in [-0.3, -0.25) is 9.59 Å². The molecule has 0 aromatic rings. The van der Waals surface area contributed by atoms with Crippen molar-refractivity contribution in [2.45, 2.75) is 52.0 Å². The Morgan fingerprint density at radius 3 is 2.81 bits per heavy atom. The average molecular weight is 295 g/mol. The van der Waals surface area contributed by atoms with Gasteiger partial charge in [-0.2, -0.15) is 0 Å². The van der Waals surface area contributed by atoms with Gasteiger partial charge >= 0.3 is 0 Å². The van der Waals surface area contributed by atoms with Crippen molar-refractivity contribution in [1.29, 1.82) is 0 Å². The van der Waals surface area contributed by atoms with E-state index in [9.17, 15) is 9.59 Å². The SMILES string of the molecule is CC(C)N1CCCC(CNC(=O)CCN2CCCC2=O)C1. The first-order valence-electron chi connectivity index (χ1n) is 8.35. The predicted molar refractivity (Wildman–Crippen MR) is 82.9 cm³/mol. The first kappa shape index (κ1) is 16.3. The average Bonchev–Trinajstić information content (AvgIpc) is 2.88. The predicted octanol–water partition coefficient (Wildman–Crippen LogP) is 1.24. The van der Waals surface area contributed by atoms with Gasteiger partial charge in [0.05, 0.1) is 0 Å². The van der Waals surface area contributed by atoms with E-state index in [1.165, 1.54) is 19.4 Å². The normalized spacial score (nSPS) is 23.9. The van der Waals surface area contributed by atoms with Crippen molar-refractivity contribution >= 4 is 11.8 Å². The summed E-state index contributed by atoms with van der Waals surface area (Å²) in [6.45, 7) is 8.89. The topological polar surface area (TPSA) is 52.7 Å². The summed E-state index contributed by atoms with van der Waals surface area (Å²) in [5, 5.41) is 3.05. The summed E-state index contributed by atoms with van der Waals surface area (Å²) >= 11 is 0. The third-order valence-corrected chi connectivity index (χ3v) is 4.65. The molecular weight excluding hydrogens is 266 g/mol. The Morgan fingerprint density at radius 1 is 1.33 bits per heavy atom. The number of likely N-dealkylation sites (tertiary alicyclic amines) is 2. The van der Waals surface area contributed by atoms with E-state index in [0.717, 1.165) is 26.1 Å². The Hall–Kier alpha value is -1.10. The van der Waals surface area contributed by atoms with Crippen LogP contribution in [-0.2, 0) is 9.59 Å². The Labute approximate surface area is 128 Å². The van der Waals surface area contributed by atoms with Gasteiger partial charge in [0, 0.05) is 45.1 Å². The molecule has 0 saturated carbocycles. The zero-order valence-electron chi connectivity index (χ0n) is 13.4. The van der Waals surface area contributed by atoms with Gasteiger partial charge in [-0.05, 0) is 45.6 Å². The van der Waals surface area contributed by atoms with Gasteiger partial charge in [0.2, 0.25) is 11.8 Å². The van der Waals surface area contributed by atoms with Gasteiger partial charge in [-0.1, -0.05) is 0 Å². The van der Waals surface area contributed by atoms with Crippen LogP contribution in [-0.4, -0.2) is 60.4 Å². The highest BCUT2D eigenvalue weighted by Gasteiger charge is 2.23. The van der Waals surface area contributed by atoms with Crippen LogP contribution in [0.15, 0.2) is 0 Å². The van der Waals surface area contributed by atoms with Crippen LogP contribution >= 0.6 is 0 Å². The van der Waals surface area contributed by atoms with Crippen molar-refractivity contribution < 1.29 is 9.59 Å². The molecule has 0 bridgehead atoms. The summed E-state index contributed by atoms with van der Waals surface area (Å²) < 4.78 is 0. The number of carbonyl (C=O) groups is 2. The minimum atomic E-state index is 0.0800. The van der Waals surface area contributed by atoms with Crippen molar-refractivity contribution in [3.8, 4) is 0 Å². The van der Waals surface area contributed by atoms with Crippen LogP contribution in [0.25, 0.3) is 0 Å². The lowest BCUT2D eigenvalue weighted by Crippen LogP contribution is -2.44. The molecule has 0 spiro atoms. The zero-order chi connectivity index (χ0) is 15.2. The fraction of sp³-hybridized carbons (Fsp3) is 0.875. The number of hydrogen-bond donors (Lipinski definition) is 1. The maximum Gasteiger partial charge on any atom is 0.222 e. The Bertz CT molecular complexity index is 371. The summed E-state index contributed by atoms with van der Waals surface area (Å²) in [5.41, 5.74) is 0. The summed E-state index contributed by atoms with van der Waals surface area (Å²) in [4.78, 5) is 27.7. The Morgan fingerprint density at radius 2 is 2.14 bits per heavy atom. The summed E-state index contributed by atoms with van der Waals surface area (Å²) in [7, 11) is 0. The van der Waals surface area contributed by atoms with Crippen LogP contribution < -0.4 is 5.32 Å². The molecule has 2 heterocycles. The highest BCUT2D eigenvalue weighted by atomic mass is 16.2. The molecule has 5 heteroatoms. The maximum atomic E-state index is 11.9. The maximum absolute atomic E-state index is 11.9. The molecule has 5 nitrogen and oxygen atoms in total. The van der Waals surface area contributed by atoms with E-state index in [0.29, 0.717) is 31.3 Å². The highest BCUT2D eigenvalue weighted by Crippen LogP contribution is 2.17. The smallest absolute Gasteiger partial charge is 0.222 e. The lowest BCUT2D eigenvalue weighted by atomic mass is 9.97. The van der Waals surface area contributed by atoms with Gasteiger partial charge < -0.3 is 15.1 Å². The molecule has 2 amide bonds. The monoisotopic (exact) mass is 295 g/mol. The molecule has 2 fully saturated rings. The molecule has 1 unspecified atom stereocenters. The molecule has 0 radical (unpaired) electrons. The number of piperidine rings is 1. The van der Waals surface area contributed by atoms with Crippen molar-refractivity contribution in [3.63, 3.8) is 0 Å². The molecule has 1 N–H and O–H groups in total. The number of amides is 2. The van der Waals surface area contributed by atoms with E-state index in [2.05, 4.69) is 24.1 Å². The fourth-order valence-electron chi connectivity index (χ4n) is 3.26. The van der Waals surface area contributed by atoms with E-state index >= 15 is 0 Å². The van der Waals surface area contributed by atoms with Crippen molar-refractivity contribution in [2.24, 2.45) is 5.92 Å². The molecule has 2 saturated heterocycles. The van der Waals surface area contributed by atoms with Crippen LogP contribution in [0.4, 0.5) is 0 Å². The van der Waals surface area contributed by atoms with Crippen LogP contribution in [0, 0.1) is 5.92 Å². The third kappa shape index (κ3) is 4.99. The first-order chi connectivity index (χ1) is 10.1. The molecule has 2 rings (SSSR count). The number of carbonyl (C=O) groups excluding carboxylic acids is 2. The van der Waals surface area contributed by atoms with E-state index in [4.69, 9.17) is 0 Å². The number of rotatable bonds is 6. The third-order valence-electron chi connectivity index (χ3n) is 4.65. The van der Waals surface area contributed by atoms with Gasteiger partial charge in [-0.15, -0.1) is 0 Å². The van der Waals surface area contributed by atoms with Gasteiger partial charge in [-0.25, -0.2) is 0 Å². The van der Waals surface area contributed by atoms with Crippen LogP contribution in [0.2, 0.25) is 0 Å². The lowest BCUT2D eigenvalue weighted by molar-refractivity contribution is -0.128. The Balaban J connectivity index is 1.63. The van der Waals surface area contributed by atoms with E-state index in [-0.39, 0.29) is 11.8 Å². The van der Waals surface area contributed by atoms with Crippen molar-refractivity contribution in [1.82, 2.24) is 15.1 Å². The molecule has 21 heavy (non-hydrogen) atoms. The number of nitrogens with zero attached hydrogens (tertiary/aromatic N) is 2. The van der Waals surface area contributed by atoms with E-state index in [1.807, 2.05) is 0 Å². The van der Waals surface area contributed by atoms with Gasteiger partial charge in [0.15, 0.2) is 0 Å². The zero-order valence-corrected chi connectivity index (χ0v) is 13.4. The summed E-state index contributed by atoms with van der Waals surface area (Å²) in [6, 6.07) is 0.588. The second-order valence-electron chi connectivity index (χ2n) is 6.64. The molecule has 0 aromatic heterocycles. The number of nitrogens with one attached hydrogen (secondary N) is 1. The minimum absolute atomic E-state index is 0.0800. The second kappa shape index (κ2) is 7.78. The minimum Gasteiger partial charge on any atom is -0.356 e. The highest BCUT2D eigenvalue weighted by molar-refractivity contribution is 5.80. The molecule has 2 aliphatic heterocycles. The molecule has 0 aliphatic carbocycles. The largest absolute Gasteiger partial charge is 0.356 e. The second-order valence-corrected chi connectivity index (χ2v) is 6.64. The molecule has 2 aliphatic rings. The first-order valence-corrected chi connectivity index (χ1v) is 8.35. The quantitative estimate of drug-likeness (QED) is 0.802. The molecule has 1 atom stereocenters. The van der Waals surface area contributed by atoms with Crippen molar-refractivity contribution in [2.75, 3.05) is 32.7 Å². The van der Waals surface area contributed by atoms with E-state index in [1.54, 1.807) is 4.90 Å². The molecule has 120 valence electrons. The van der Waals surface area contributed by atoms with Gasteiger partial charge in [0.1, 0.15) is 0 Å². The van der Waals surface area contributed by atoms with Crippen molar-refractivity contribution in [3.05, 3.63) is 0 Å². The number of hydrogen-bond acceptors (Lipinski definition) is 3. The van der Waals surface area contributed by atoms with Crippen LogP contribution in [0.5, 0.6) is 0 Å². The summed E-state index contributed by atoms with van der Waals surface area (Å²) in [6.07, 6.45) is 4.45. The van der Waals surface area contributed by atoms with E-state index < -0.39 is 0 Å². The fourth-order valence-corrected chi connectivity index (χ4v) is 3.26. The van der Waals surface area contributed by atoms with Crippen LogP contribution in [0.3, 0.4) is 0 Å². The Kier molecular flexibility index (Phi) is 6.03. The van der Waals surface area contributed by atoms with Crippen LogP contribution in [0.1, 0.15) is 46.0 Å². The summed E-state index contributed by atoms with van der Waals surface area (Å²) in [5.74, 6) is 0.845.